The molecule has 6 rings (SSSR count). The van der Waals surface area contributed by atoms with Gasteiger partial charge in [0, 0.05) is 84.3 Å². The fourth-order valence-corrected chi connectivity index (χ4v) is 6.66. The van der Waals surface area contributed by atoms with Crippen LogP contribution in [0.3, 0.4) is 0 Å². The van der Waals surface area contributed by atoms with E-state index in [1.807, 2.05) is 28.8 Å². The Bertz CT molecular complexity index is 1710. The average molecular weight is 600 g/mol. The third-order valence-electron chi connectivity index (χ3n) is 8.70. The van der Waals surface area contributed by atoms with Crippen LogP contribution in [-0.2, 0) is 4.79 Å². The molecule has 43 heavy (non-hydrogen) atoms. The molecule has 1 aliphatic heterocycles. The predicted molar refractivity (Wildman–Crippen MR) is 174 cm³/mol. The molecule has 224 valence electrons. The van der Waals surface area contributed by atoms with Crippen molar-refractivity contribution in [1.29, 1.82) is 0 Å². The monoisotopic (exact) mass is 599 g/mol. The van der Waals surface area contributed by atoms with Gasteiger partial charge in [0.1, 0.15) is 5.65 Å². The van der Waals surface area contributed by atoms with Gasteiger partial charge in [0.25, 0.3) is 5.56 Å². The Morgan fingerprint density at radius 1 is 0.977 bits per heavy atom. The number of anilines is 3. The van der Waals surface area contributed by atoms with Crippen LogP contribution < -0.4 is 21.1 Å². The number of hydrogen-bond acceptors (Lipinski definition) is 7. The highest BCUT2D eigenvalue weighted by atomic mass is 35.5. The number of benzene rings is 2. The first-order valence-electron chi connectivity index (χ1n) is 15.0. The van der Waals surface area contributed by atoms with Crippen molar-refractivity contribution in [2.24, 2.45) is 0 Å². The molecule has 0 spiro atoms. The fourth-order valence-electron chi connectivity index (χ4n) is 6.42. The number of fused-ring (bicyclic) bond motifs is 1. The summed E-state index contributed by atoms with van der Waals surface area (Å²) in [4.78, 5) is 40.1. The molecular weight excluding hydrogens is 562 g/mol. The van der Waals surface area contributed by atoms with Gasteiger partial charge in [-0.3, -0.25) is 14.2 Å². The second kappa shape index (κ2) is 12.3. The second-order valence-electron chi connectivity index (χ2n) is 11.8. The summed E-state index contributed by atoms with van der Waals surface area (Å²) in [5.74, 6) is 0.409. The summed E-state index contributed by atoms with van der Waals surface area (Å²) in [7, 11) is 2.16. The zero-order valence-corrected chi connectivity index (χ0v) is 25.7. The second-order valence-corrected chi connectivity index (χ2v) is 12.2. The normalized spacial score (nSPS) is 19.4. The van der Waals surface area contributed by atoms with E-state index in [4.69, 9.17) is 16.6 Å². The van der Waals surface area contributed by atoms with Gasteiger partial charge in [0.05, 0.1) is 0 Å². The largest absolute Gasteiger partial charge is 0.369 e. The number of carbonyl (C=O) groups excluding carboxylic acids is 1. The maximum atomic E-state index is 14.2. The highest BCUT2D eigenvalue weighted by molar-refractivity contribution is 6.33. The lowest BCUT2D eigenvalue weighted by atomic mass is 9.90. The predicted octanol–water partition coefficient (Wildman–Crippen LogP) is 5.54. The van der Waals surface area contributed by atoms with Crippen LogP contribution in [0.1, 0.15) is 44.2 Å². The Morgan fingerprint density at radius 2 is 1.72 bits per heavy atom. The van der Waals surface area contributed by atoms with E-state index >= 15 is 0 Å². The van der Waals surface area contributed by atoms with E-state index in [0.717, 1.165) is 62.9 Å². The Hall–Kier alpha value is -3.95. The minimum Gasteiger partial charge on any atom is -0.369 e. The molecule has 2 aromatic heterocycles. The molecule has 0 atom stereocenters. The van der Waals surface area contributed by atoms with Crippen molar-refractivity contribution in [3.05, 3.63) is 75.7 Å². The SMILES string of the molecule is CC(=O)N[C@H]1CC[C@H](n2c(=O)c(-c3ccccc3Cl)cc3cnc(Nc4ccc(N5CCN(C)CC5)c(C)c4)nc32)CC1. The van der Waals surface area contributed by atoms with Gasteiger partial charge in [-0.05, 0) is 75.5 Å². The van der Waals surface area contributed by atoms with Crippen molar-refractivity contribution >= 4 is 45.9 Å². The zero-order chi connectivity index (χ0) is 30.1. The number of nitrogens with one attached hydrogen (secondary N) is 2. The van der Waals surface area contributed by atoms with Crippen molar-refractivity contribution in [3.8, 4) is 11.1 Å². The molecule has 2 N–H and O–H groups in total. The van der Waals surface area contributed by atoms with Crippen LogP contribution in [0.4, 0.5) is 17.3 Å². The van der Waals surface area contributed by atoms with E-state index in [1.54, 1.807) is 19.2 Å². The first-order chi connectivity index (χ1) is 20.8. The number of aromatic nitrogens is 3. The number of likely N-dealkylation sites (N-methyl/N-ethyl adjacent to an activating group) is 1. The molecule has 1 amide bonds. The average Bonchev–Trinajstić information content (AvgIpc) is 2.98. The van der Waals surface area contributed by atoms with Crippen molar-refractivity contribution < 1.29 is 4.79 Å². The molecule has 3 heterocycles. The zero-order valence-electron chi connectivity index (χ0n) is 24.9. The minimum absolute atomic E-state index is 0.0259. The minimum atomic E-state index is -0.124. The molecule has 9 nitrogen and oxygen atoms in total. The number of carbonyl (C=O) groups is 1. The van der Waals surface area contributed by atoms with Gasteiger partial charge >= 0.3 is 0 Å². The lowest BCUT2D eigenvalue weighted by molar-refractivity contribution is -0.119. The number of piperazine rings is 1. The first-order valence-corrected chi connectivity index (χ1v) is 15.4. The number of nitrogens with zero attached hydrogens (tertiary/aromatic N) is 5. The molecule has 1 aliphatic carbocycles. The summed E-state index contributed by atoms with van der Waals surface area (Å²) < 4.78 is 1.83. The molecule has 4 aromatic rings. The van der Waals surface area contributed by atoms with Crippen molar-refractivity contribution in [1.82, 2.24) is 24.8 Å². The molecule has 10 heteroatoms. The molecule has 2 aliphatic rings. The van der Waals surface area contributed by atoms with Crippen LogP contribution in [0.5, 0.6) is 0 Å². The van der Waals surface area contributed by atoms with Gasteiger partial charge in [0.15, 0.2) is 0 Å². The van der Waals surface area contributed by atoms with Gasteiger partial charge in [-0.15, -0.1) is 0 Å². The van der Waals surface area contributed by atoms with Gasteiger partial charge in [-0.25, -0.2) is 4.98 Å². The highest BCUT2D eigenvalue weighted by Gasteiger charge is 2.27. The van der Waals surface area contributed by atoms with E-state index in [2.05, 4.69) is 57.6 Å². The van der Waals surface area contributed by atoms with Crippen LogP contribution in [-0.4, -0.2) is 64.6 Å². The van der Waals surface area contributed by atoms with E-state index in [1.165, 1.54) is 11.3 Å². The number of pyridine rings is 1. The number of amides is 1. The number of halogens is 1. The lowest BCUT2D eigenvalue weighted by Gasteiger charge is -2.35. The highest BCUT2D eigenvalue weighted by Crippen LogP contribution is 2.33. The molecule has 0 unspecified atom stereocenters. The van der Waals surface area contributed by atoms with E-state index in [-0.39, 0.29) is 23.6 Å². The number of rotatable bonds is 6. The maximum absolute atomic E-state index is 14.2. The van der Waals surface area contributed by atoms with Crippen LogP contribution in [0.2, 0.25) is 5.02 Å². The van der Waals surface area contributed by atoms with E-state index in [9.17, 15) is 9.59 Å². The van der Waals surface area contributed by atoms with Crippen LogP contribution >= 0.6 is 11.6 Å². The standard InChI is InChI=1S/C33H38ClN7O2/c1-21-18-25(10-13-30(21)40-16-14-39(3)15-17-40)37-33-35-20-23-19-28(27-6-4-5-7-29(27)34)32(43)41(31(23)38-33)26-11-8-24(9-12-26)36-22(2)42/h4-7,10,13,18-20,24,26H,8-9,11-12,14-17H2,1-3H3,(H,36,42)(H,35,37,38)/t24-,26-. The molecular formula is C33H38ClN7O2. The van der Waals surface area contributed by atoms with Gasteiger partial charge < -0.3 is 20.4 Å². The summed E-state index contributed by atoms with van der Waals surface area (Å²) >= 11 is 6.55. The Kier molecular flexibility index (Phi) is 8.36. The van der Waals surface area contributed by atoms with Gasteiger partial charge in [-0.1, -0.05) is 29.8 Å². The van der Waals surface area contributed by atoms with Crippen LogP contribution in [0.15, 0.2) is 59.5 Å². The third kappa shape index (κ3) is 6.24. The summed E-state index contributed by atoms with van der Waals surface area (Å²) in [5.41, 5.74) is 5.01. The topological polar surface area (TPSA) is 95.4 Å². The maximum Gasteiger partial charge on any atom is 0.260 e. The molecule has 1 saturated heterocycles. The summed E-state index contributed by atoms with van der Waals surface area (Å²) in [6, 6.07) is 15.6. The molecule has 0 bridgehead atoms. The van der Waals surface area contributed by atoms with Gasteiger partial charge in [-0.2, -0.15) is 4.98 Å². The van der Waals surface area contributed by atoms with Crippen LogP contribution in [0, 0.1) is 6.92 Å². The Morgan fingerprint density at radius 3 is 2.42 bits per heavy atom. The molecule has 2 aromatic carbocycles. The van der Waals surface area contributed by atoms with Crippen molar-refractivity contribution in [2.45, 2.75) is 51.6 Å². The van der Waals surface area contributed by atoms with Gasteiger partial charge in [0.2, 0.25) is 11.9 Å². The molecule has 0 radical (unpaired) electrons. The van der Waals surface area contributed by atoms with Crippen molar-refractivity contribution in [2.75, 3.05) is 43.4 Å². The number of aryl methyl sites for hydroxylation is 1. The number of hydrogen-bond donors (Lipinski definition) is 2. The van der Waals surface area contributed by atoms with Crippen LogP contribution in [0.25, 0.3) is 22.2 Å². The van der Waals surface area contributed by atoms with Crippen molar-refractivity contribution in [3.63, 3.8) is 0 Å². The smallest absolute Gasteiger partial charge is 0.260 e. The van der Waals surface area contributed by atoms with E-state index < -0.39 is 0 Å². The lowest BCUT2D eigenvalue weighted by Crippen LogP contribution is -2.44. The fraction of sp³-hybridized carbons (Fsp3) is 0.394. The quantitative estimate of drug-likeness (QED) is 0.301. The molecule has 2 fully saturated rings. The Balaban J connectivity index is 1.35. The first kappa shape index (κ1) is 29.1. The Labute approximate surface area is 256 Å². The third-order valence-corrected chi connectivity index (χ3v) is 9.03. The summed E-state index contributed by atoms with van der Waals surface area (Å²) in [6.07, 6.45) is 4.87. The summed E-state index contributed by atoms with van der Waals surface area (Å²) in [6.45, 7) is 7.81. The molecule has 1 saturated carbocycles. The summed E-state index contributed by atoms with van der Waals surface area (Å²) in [5, 5.41) is 7.70. The van der Waals surface area contributed by atoms with E-state index in [0.29, 0.717) is 27.7 Å².